The molecule has 2 N–H and O–H groups in total. The molecule has 0 atom stereocenters. The van der Waals surface area contributed by atoms with Crippen molar-refractivity contribution >= 4 is 17.5 Å². The van der Waals surface area contributed by atoms with Gasteiger partial charge in [-0.15, -0.1) is 0 Å². The minimum Gasteiger partial charge on any atom is -0.354 e. The smallest absolute Gasteiger partial charge is 0.247 e. The Morgan fingerprint density at radius 1 is 1.53 bits per heavy atom. The second kappa shape index (κ2) is 6.15. The summed E-state index contributed by atoms with van der Waals surface area (Å²) in [4.78, 5) is 24.6. The van der Waals surface area contributed by atoms with Crippen molar-refractivity contribution in [1.29, 1.82) is 0 Å². The summed E-state index contributed by atoms with van der Waals surface area (Å²) < 4.78 is 0. The molecule has 1 heterocycles. The summed E-state index contributed by atoms with van der Waals surface area (Å²) >= 11 is 0. The molecule has 2 rings (SSSR count). The van der Waals surface area contributed by atoms with E-state index >= 15 is 0 Å². The Morgan fingerprint density at radius 3 is 3.11 bits per heavy atom. The maximum Gasteiger partial charge on any atom is 0.247 e. The number of piperazine rings is 1. The van der Waals surface area contributed by atoms with E-state index in [1.54, 1.807) is 0 Å². The molecule has 0 unspecified atom stereocenters. The first-order valence-electron chi connectivity index (χ1n) is 6.19. The average Bonchev–Trinajstić information content (AvgIpc) is 2.39. The van der Waals surface area contributed by atoms with Crippen molar-refractivity contribution in [2.75, 3.05) is 25.0 Å². The molecule has 1 aliphatic heterocycles. The fraction of sp³-hybridized carbons (Fsp3) is 0.286. The van der Waals surface area contributed by atoms with Crippen molar-refractivity contribution in [2.45, 2.75) is 6.54 Å². The molecular weight excluding hydrogens is 242 g/mol. The molecule has 1 aromatic rings. The first-order valence-corrected chi connectivity index (χ1v) is 6.19. The number of nitrogens with one attached hydrogen (secondary N) is 2. The maximum absolute atomic E-state index is 11.3. The highest BCUT2D eigenvalue weighted by Crippen LogP contribution is 2.13. The van der Waals surface area contributed by atoms with Crippen molar-refractivity contribution in [2.24, 2.45) is 0 Å². The molecular formula is C14H17N3O2. The van der Waals surface area contributed by atoms with E-state index in [9.17, 15) is 9.59 Å². The second-order valence-electron chi connectivity index (χ2n) is 4.45. The fourth-order valence-corrected chi connectivity index (χ4v) is 2.03. The third-order valence-electron chi connectivity index (χ3n) is 2.90. The summed E-state index contributed by atoms with van der Waals surface area (Å²) in [6, 6.07) is 7.61. The number of nitrogens with zero attached hydrogens (tertiary/aromatic N) is 1. The van der Waals surface area contributed by atoms with E-state index in [-0.39, 0.29) is 11.8 Å². The predicted octanol–water partition coefficient (Wildman–Crippen LogP) is 0.743. The molecule has 0 radical (unpaired) electrons. The number of benzene rings is 1. The predicted molar refractivity (Wildman–Crippen MR) is 73.6 cm³/mol. The van der Waals surface area contributed by atoms with Crippen LogP contribution in [0.25, 0.3) is 0 Å². The summed E-state index contributed by atoms with van der Waals surface area (Å²) in [5.41, 5.74) is 1.81. The van der Waals surface area contributed by atoms with Gasteiger partial charge in [0.25, 0.3) is 0 Å². The molecule has 0 aliphatic carbocycles. The van der Waals surface area contributed by atoms with Crippen LogP contribution >= 0.6 is 0 Å². The van der Waals surface area contributed by atoms with E-state index < -0.39 is 0 Å². The summed E-state index contributed by atoms with van der Waals surface area (Å²) in [6.45, 7) is 6.06. The van der Waals surface area contributed by atoms with Crippen LogP contribution in [0.5, 0.6) is 0 Å². The average molecular weight is 259 g/mol. The Morgan fingerprint density at radius 2 is 2.37 bits per heavy atom. The molecule has 2 amide bonds. The maximum atomic E-state index is 11.3. The highest BCUT2D eigenvalue weighted by molar-refractivity contribution is 5.98. The van der Waals surface area contributed by atoms with Crippen molar-refractivity contribution in [1.82, 2.24) is 10.2 Å². The zero-order valence-corrected chi connectivity index (χ0v) is 10.7. The third kappa shape index (κ3) is 3.93. The molecule has 19 heavy (non-hydrogen) atoms. The molecule has 1 saturated heterocycles. The third-order valence-corrected chi connectivity index (χ3v) is 2.90. The number of rotatable bonds is 4. The molecule has 5 heteroatoms. The fourth-order valence-electron chi connectivity index (χ4n) is 2.03. The van der Waals surface area contributed by atoms with E-state index in [2.05, 4.69) is 22.1 Å². The van der Waals surface area contributed by atoms with Crippen molar-refractivity contribution in [3.8, 4) is 0 Å². The van der Waals surface area contributed by atoms with Gasteiger partial charge < -0.3 is 10.6 Å². The Kier molecular flexibility index (Phi) is 4.30. The van der Waals surface area contributed by atoms with E-state index in [1.807, 2.05) is 24.3 Å². The topological polar surface area (TPSA) is 61.4 Å². The van der Waals surface area contributed by atoms with Gasteiger partial charge in [-0.3, -0.25) is 14.5 Å². The highest BCUT2D eigenvalue weighted by Gasteiger charge is 2.15. The first-order chi connectivity index (χ1) is 9.17. The van der Waals surface area contributed by atoms with E-state index in [0.29, 0.717) is 19.6 Å². The lowest BCUT2D eigenvalue weighted by Crippen LogP contribution is -2.47. The summed E-state index contributed by atoms with van der Waals surface area (Å²) in [7, 11) is 0. The Bertz CT molecular complexity index is 499. The Labute approximate surface area is 112 Å². The number of carbonyl (C=O) groups excluding carboxylic acids is 2. The van der Waals surface area contributed by atoms with Gasteiger partial charge >= 0.3 is 0 Å². The monoisotopic (exact) mass is 259 g/mol. The normalized spacial score (nSPS) is 15.7. The van der Waals surface area contributed by atoms with Crippen LogP contribution in [0, 0.1) is 0 Å². The van der Waals surface area contributed by atoms with Gasteiger partial charge in [0.1, 0.15) is 0 Å². The minimum absolute atomic E-state index is 0.0577. The quantitative estimate of drug-likeness (QED) is 0.784. The minimum atomic E-state index is -0.227. The van der Waals surface area contributed by atoms with E-state index in [4.69, 9.17) is 0 Å². The lowest BCUT2D eigenvalue weighted by Gasteiger charge is -2.26. The molecule has 100 valence electrons. The lowest BCUT2D eigenvalue weighted by molar-refractivity contribution is -0.124. The van der Waals surface area contributed by atoms with Crippen LogP contribution < -0.4 is 10.6 Å². The van der Waals surface area contributed by atoms with Gasteiger partial charge in [-0.25, -0.2) is 0 Å². The van der Waals surface area contributed by atoms with Gasteiger partial charge in [0.05, 0.1) is 6.54 Å². The van der Waals surface area contributed by atoms with Crippen molar-refractivity contribution < 1.29 is 9.59 Å². The number of carbonyl (C=O) groups is 2. The lowest BCUT2D eigenvalue weighted by atomic mass is 10.1. The number of hydrogen-bond donors (Lipinski definition) is 2. The zero-order valence-electron chi connectivity index (χ0n) is 10.7. The standard InChI is InChI=1S/C14H17N3O2/c1-2-13(18)16-12-5-3-4-11(8-12)9-17-7-6-15-14(19)10-17/h2-5,8H,1,6-7,9-10H2,(H,15,19)(H,16,18). The molecule has 0 bridgehead atoms. The van der Waals surface area contributed by atoms with Gasteiger partial charge in [-0.2, -0.15) is 0 Å². The van der Waals surface area contributed by atoms with Gasteiger partial charge in [-0.05, 0) is 23.8 Å². The first kappa shape index (κ1) is 13.3. The van der Waals surface area contributed by atoms with E-state index in [1.165, 1.54) is 6.08 Å². The molecule has 1 aliphatic rings. The van der Waals surface area contributed by atoms with Gasteiger partial charge in [0.2, 0.25) is 11.8 Å². The highest BCUT2D eigenvalue weighted by atomic mass is 16.2. The number of anilines is 1. The summed E-state index contributed by atoms with van der Waals surface area (Å²) in [5.74, 6) is -0.170. The number of hydrogen-bond acceptors (Lipinski definition) is 3. The number of amides is 2. The largest absolute Gasteiger partial charge is 0.354 e. The molecule has 0 aromatic heterocycles. The summed E-state index contributed by atoms with van der Waals surface area (Å²) in [5, 5.41) is 5.52. The van der Waals surface area contributed by atoms with E-state index in [0.717, 1.165) is 17.8 Å². The summed E-state index contributed by atoms with van der Waals surface area (Å²) in [6.07, 6.45) is 1.24. The van der Waals surface area contributed by atoms with Gasteiger partial charge in [0.15, 0.2) is 0 Å². The molecule has 0 spiro atoms. The molecule has 1 fully saturated rings. The van der Waals surface area contributed by atoms with Crippen molar-refractivity contribution in [3.05, 3.63) is 42.5 Å². The van der Waals surface area contributed by atoms with Crippen LogP contribution in [0.15, 0.2) is 36.9 Å². The van der Waals surface area contributed by atoms with Crippen LogP contribution in [0.3, 0.4) is 0 Å². The van der Waals surface area contributed by atoms with Crippen LogP contribution in [-0.4, -0.2) is 36.3 Å². The van der Waals surface area contributed by atoms with Gasteiger partial charge in [-0.1, -0.05) is 18.7 Å². The molecule has 0 saturated carbocycles. The molecule has 1 aromatic carbocycles. The Balaban J connectivity index is 2.00. The molecule has 5 nitrogen and oxygen atoms in total. The van der Waals surface area contributed by atoms with Crippen LogP contribution in [0.2, 0.25) is 0 Å². The van der Waals surface area contributed by atoms with Crippen LogP contribution in [0.4, 0.5) is 5.69 Å². The zero-order chi connectivity index (χ0) is 13.7. The van der Waals surface area contributed by atoms with Crippen molar-refractivity contribution in [3.63, 3.8) is 0 Å². The SMILES string of the molecule is C=CC(=O)Nc1cccc(CN2CCNC(=O)C2)c1. The van der Waals surface area contributed by atoms with Crippen LogP contribution in [0.1, 0.15) is 5.56 Å². The second-order valence-corrected chi connectivity index (χ2v) is 4.45. The van der Waals surface area contributed by atoms with Gasteiger partial charge in [0, 0.05) is 25.3 Å². The van der Waals surface area contributed by atoms with Crippen LogP contribution in [-0.2, 0) is 16.1 Å². The Hall–Kier alpha value is -2.14.